The maximum absolute atomic E-state index is 13.1. The minimum atomic E-state index is -2.97. The van der Waals surface area contributed by atoms with Gasteiger partial charge in [0.2, 0.25) is 5.91 Å². The number of fused-ring (bicyclic) bond motifs is 1. The molecule has 5 nitrogen and oxygen atoms in total. The lowest BCUT2D eigenvalue weighted by Crippen LogP contribution is -2.61. The van der Waals surface area contributed by atoms with E-state index in [1.54, 1.807) is 18.2 Å². The zero-order valence-corrected chi connectivity index (χ0v) is 18.4. The van der Waals surface area contributed by atoms with Crippen molar-refractivity contribution in [2.24, 2.45) is 17.8 Å². The largest absolute Gasteiger partial charge is 0.493 e. The van der Waals surface area contributed by atoms with Crippen molar-refractivity contribution in [1.82, 2.24) is 5.32 Å². The summed E-state index contributed by atoms with van der Waals surface area (Å²) < 4.78 is 42.9. The normalized spacial score (nSPS) is 31.4. The maximum Gasteiger partial charge on any atom is 0.387 e. The fourth-order valence-corrected chi connectivity index (χ4v) is 4.92. The Morgan fingerprint density at radius 1 is 1.30 bits per heavy atom. The first kappa shape index (κ1) is 22.8. The van der Waals surface area contributed by atoms with Crippen molar-refractivity contribution >= 4 is 5.91 Å². The molecule has 2 aliphatic rings. The van der Waals surface area contributed by atoms with Crippen LogP contribution in [-0.2, 0) is 9.53 Å². The van der Waals surface area contributed by atoms with Crippen LogP contribution in [0.3, 0.4) is 0 Å². The lowest BCUT2D eigenvalue weighted by atomic mass is 9.66. The maximum atomic E-state index is 13.1. The zero-order valence-electron chi connectivity index (χ0n) is 18.4. The predicted molar refractivity (Wildman–Crippen MR) is 110 cm³/mol. The third-order valence-corrected chi connectivity index (χ3v) is 6.54. The fraction of sp³-hybridized carbons (Fsp3) is 0.696. The monoisotopic (exact) mass is 425 g/mol. The van der Waals surface area contributed by atoms with Gasteiger partial charge >= 0.3 is 6.61 Å². The first-order chi connectivity index (χ1) is 14.1. The van der Waals surface area contributed by atoms with Crippen molar-refractivity contribution in [1.29, 1.82) is 0 Å². The van der Waals surface area contributed by atoms with Crippen molar-refractivity contribution in [2.45, 2.75) is 77.7 Å². The van der Waals surface area contributed by atoms with Crippen LogP contribution >= 0.6 is 0 Å². The first-order valence-corrected chi connectivity index (χ1v) is 10.7. The molecule has 0 spiro atoms. The molecular formula is C23H33F2NO4. The Morgan fingerprint density at radius 2 is 2.03 bits per heavy atom. The molecule has 5 atom stereocenters. The van der Waals surface area contributed by atoms with Gasteiger partial charge < -0.3 is 19.5 Å². The van der Waals surface area contributed by atoms with Crippen LogP contribution < -0.4 is 14.8 Å². The number of methoxy groups -OCH3 is 1. The smallest absolute Gasteiger partial charge is 0.387 e. The van der Waals surface area contributed by atoms with Crippen LogP contribution in [0.1, 0.15) is 65.0 Å². The summed E-state index contributed by atoms with van der Waals surface area (Å²) in [5, 5.41) is 3.26. The lowest BCUT2D eigenvalue weighted by Gasteiger charge is -2.52. The molecule has 7 heteroatoms. The van der Waals surface area contributed by atoms with Crippen LogP contribution in [0.4, 0.5) is 8.78 Å². The average molecular weight is 426 g/mol. The molecule has 168 valence electrons. The van der Waals surface area contributed by atoms with Crippen LogP contribution in [-0.4, -0.2) is 31.3 Å². The summed E-state index contributed by atoms with van der Waals surface area (Å²) in [6.07, 6.45) is 2.86. The number of amides is 1. The summed E-state index contributed by atoms with van der Waals surface area (Å²) in [6.45, 7) is 5.02. The summed E-state index contributed by atoms with van der Waals surface area (Å²) in [4.78, 5) is 12.6. The third-order valence-electron chi connectivity index (χ3n) is 6.54. The molecule has 1 saturated heterocycles. The van der Waals surface area contributed by atoms with Gasteiger partial charge in [-0.1, -0.05) is 39.3 Å². The molecule has 0 aromatic heterocycles. The van der Waals surface area contributed by atoms with Gasteiger partial charge in [-0.2, -0.15) is 8.78 Å². The van der Waals surface area contributed by atoms with Crippen molar-refractivity contribution < 1.29 is 27.8 Å². The van der Waals surface area contributed by atoms with E-state index in [4.69, 9.17) is 14.2 Å². The standard InChI is InChI=1S/C23H33F2NO4/c1-13(2)21(27)26-23(4)12-19(29-18-11-14(3)9-10-16(18)23)15-7-6-8-17(28-5)20(15)30-22(24)25/h6-8,13-14,16,18-19,22H,9-12H2,1-5H3,(H,26,27)/t14-,16-,18-,19-,23+/m1/s1. The van der Waals surface area contributed by atoms with E-state index in [9.17, 15) is 13.6 Å². The van der Waals surface area contributed by atoms with Crippen LogP contribution in [0, 0.1) is 17.8 Å². The number of carbonyl (C=O) groups is 1. The van der Waals surface area contributed by atoms with Gasteiger partial charge in [0.05, 0.1) is 19.3 Å². The molecule has 3 rings (SSSR count). The van der Waals surface area contributed by atoms with Gasteiger partial charge in [-0.05, 0) is 31.7 Å². The minimum Gasteiger partial charge on any atom is -0.493 e. The quantitative estimate of drug-likeness (QED) is 0.689. The van der Waals surface area contributed by atoms with Crippen LogP contribution in [0.2, 0.25) is 0 Å². The van der Waals surface area contributed by atoms with Gasteiger partial charge in [-0.15, -0.1) is 0 Å². The summed E-state index contributed by atoms with van der Waals surface area (Å²) >= 11 is 0. The fourth-order valence-electron chi connectivity index (χ4n) is 4.92. The highest BCUT2D eigenvalue weighted by Crippen LogP contribution is 2.50. The molecule has 1 N–H and O–H groups in total. The molecule has 30 heavy (non-hydrogen) atoms. The highest BCUT2D eigenvalue weighted by Gasteiger charge is 2.50. The third kappa shape index (κ3) is 4.71. The number of halogens is 2. The predicted octanol–water partition coefficient (Wildman–Crippen LogP) is 5.09. The van der Waals surface area contributed by atoms with Gasteiger partial charge in [0, 0.05) is 29.4 Å². The Kier molecular flexibility index (Phi) is 6.90. The van der Waals surface area contributed by atoms with E-state index >= 15 is 0 Å². The number of ether oxygens (including phenoxy) is 3. The first-order valence-electron chi connectivity index (χ1n) is 10.7. The summed E-state index contributed by atoms with van der Waals surface area (Å²) in [6, 6.07) is 5.08. The van der Waals surface area contributed by atoms with Crippen molar-refractivity contribution in [2.75, 3.05) is 7.11 Å². The number of hydrogen-bond donors (Lipinski definition) is 1. The molecular weight excluding hydrogens is 392 g/mol. The zero-order chi connectivity index (χ0) is 22.1. The van der Waals surface area contributed by atoms with E-state index in [0.29, 0.717) is 17.9 Å². The second-order valence-electron chi connectivity index (χ2n) is 9.21. The topological polar surface area (TPSA) is 56.8 Å². The molecule has 1 aromatic rings. The Balaban J connectivity index is 1.99. The molecule has 0 bridgehead atoms. The van der Waals surface area contributed by atoms with Gasteiger partial charge in [-0.25, -0.2) is 0 Å². The van der Waals surface area contributed by atoms with Crippen LogP contribution in [0.25, 0.3) is 0 Å². The average Bonchev–Trinajstić information content (AvgIpc) is 2.66. The molecule has 1 heterocycles. The second-order valence-corrected chi connectivity index (χ2v) is 9.21. The number of rotatable bonds is 6. The van der Waals surface area contributed by atoms with Crippen LogP contribution in [0.15, 0.2) is 18.2 Å². The van der Waals surface area contributed by atoms with Gasteiger partial charge in [0.1, 0.15) is 0 Å². The molecule has 2 fully saturated rings. The van der Waals surface area contributed by atoms with E-state index in [1.807, 2.05) is 13.8 Å². The Bertz CT molecular complexity index is 757. The molecule has 1 aliphatic heterocycles. The summed E-state index contributed by atoms with van der Waals surface area (Å²) in [5.74, 6) is 0.780. The Labute approximate surface area is 177 Å². The lowest BCUT2D eigenvalue weighted by molar-refractivity contribution is -0.155. The van der Waals surface area contributed by atoms with E-state index in [0.717, 1.165) is 19.3 Å². The number of benzene rings is 1. The van der Waals surface area contributed by atoms with Gasteiger partial charge in [0.25, 0.3) is 0 Å². The molecule has 0 radical (unpaired) electrons. The minimum absolute atomic E-state index is 0.000144. The number of nitrogens with one attached hydrogen (secondary N) is 1. The number of hydrogen-bond acceptors (Lipinski definition) is 4. The van der Waals surface area contributed by atoms with Gasteiger partial charge in [0.15, 0.2) is 11.5 Å². The van der Waals surface area contributed by atoms with Crippen LogP contribution in [0.5, 0.6) is 11.5 Å². The summed E-state index contributed by atoms with van der Waals surface area (Å²) in [7, 11) is 1.42. The van der Waals surface area contributed by atoms with E-state index < -0.39 is 18.3 Å². The summed E-state index contributed by atoms with van der Waals surface area (Å²) in [5.41, 5.74) is 0.0246. The van der Waals surface area contributed by atoms with Crippen molar-refractivity contribution in [3.05, 3.63) is 23.8 Å². The molecule has 0 unspecified atom stereocenters. The molecule has 1 aliphatic carbocycles. The van der Waals surface area contributed by atoms with Crippen molar-refractivity contribution in [3.63, 3.8) is 0 Å². The highest BCUT2D eigenvalue weighted by atomic mass is 19.3. The Hall–Kier alpha value is -1.89. The highest BCUT2D eigenvalue weighted by molar-refractivity contribution is 5.78. The molecule has 1 saturated carbocycles. The molecule has 1 aromatic carbocycles. The van der Waals surface area contributed by atoms with Gasteiger partial charge in [-0.3, -0.25) is 4.79 Å². The number of para-hydroxylation sites is 1. The van der Waals surface area contributed by atoms with E-state index in [-0.39, 0.29) is 35.3 Å². The number of alkyl halides is 2. The SMILES string of the molecule is COc1cccc([C@H]2C[C@](C)(NC(=O)C(C)C)[C@@H]3CC[C@@H](C)C[C@H]3O2)c1OC(F)F. The number of carbonyl (C=O) groups excluding carboxylic acids is 1. The second kappa shape index (κ2) is 9.08. The van der Waals surface area contributed by atoms with E-state index in [2.05, 4.69) is 19.2 Å². The van der Waals surface area contributed by atoms with Crippen molar-refractivity contribution in [3.8, 4) is 11.5 Å². The Morgan fingerprint density at radius 3 is 2.67 bits per heavy atom. The van der Waals surface area contributed by atoms with E-state index in [1.165, 1.54) is 7.11 Å². The molecule has 1 amide bonds.